The van der Waals surface area contributed by atoms with Crippen LogP contribution in [0.15, 0.2) is 52.4 Å². The van der Waals surface area contributed by atoms with E-state index in [-0.39, 0.29) is 17.3 Å². The maximum atomic E-state index is 12.8. The van der Waals surface area contributed by atoms with Crippen LogP contribution in [0.25, 0.3) is 16.7 Å². The van der Waals surface area contributed by atoms with E-state index in [9.17, 15) is 9.59 Å². The van der Waals surface area contributed by atoms with E-state index >= 15 is 0 Å². The predicted octanol–water partition coefficient (Wildman–Crippen LogP) is 2.28. The van der Waals surface area contributed by atoms with Gasteiger partial charge in [0.1, 0.15) is 17.1 Å². The molecule has 0 aliphatic carbocycles. The number of aromatic nitrogens is 5. The van der Waals surface area contributed by atoms with E-state index in [4.69, 9.17) is 4.74 Å². The number of hydrogen-bond acceptors (Lipinski definition) is 7. The van der Waals surface area contributed by atoms with Gasteiger partial charge in [0.15, 0.2) is 0 Å². The van der Waals surface area contributed by atoms with Crippen LogP contribution in [0.4, 0.5) is 0 Å². The van der Waals surface area contributed by atoms with Crippen molar-refractivity contribution >= 4 is 22.9 Å². The third-order valence-corrected chi connectivity index (χ3v) is 4.70. The van der Waals surface area contributed by atoms with Crippen LogP contribution < -0.4 is 15.7 Å². The van der Waals surface area contributed by atoms with Crippen molar-refractivity contribution in [3.8, 4) is 11.7 Å². The van der Waals surface area contributed by atoms with Crippen molar-refractivity contribution in [3.05, 3.63) is 75.5 Å². The molecule has 2 aromatic heterocycles. The standard InChI is InChI=1S/C22H21N7O3/c1-4-32-19-10-9-15-7-5-6-8-16(15)17(19)12-23-26-21(31)18-11-13(2)28-29(18)22-24-20(30)14(3)25-27-22/h5-12H,4H2,1-3H3,(H,26,31)(H,24,27,30)/b23-12-. The number of ether oxygens (including phenoxy) is 1. The Morgan fingerprint density at radius 1 is 1.22 bits per heavy atom. The maximum Gasteiger partial charge on any atom is 0.290 e. The second kappa shape index (κ2) is 8.80. The summed E-state index contributed by atoms with van der Waals surface area (Å²) < 4.78 is 6.94. The topological polar surface area (TPSA) is 127 Å². The number of hydrazone groups is 1. The van der Waals surface area contributed by atoms with Crippen molar-refractivity contribution in [3.63, 3.8) is 0 Å². The zero-order valence-corrected chi connectivity index (χ0v) is 17.8. The molecule has 2 N–H and O–H groups in total. The van der Waals surface area contributed by atoms with Crippen molar-refractivity contribution in [2.24, 2.45) is 5.10 Å². The van der Waals surface area contributed by atoms with E-state index in [0.717, 1.165) is 16.3 Å². The molecular formula is C22H21N7O3. The summed E-state index contributed by atoms with van der Waals surface area (Å²) in [6.45, 7) is 5.66. The SMILES string of the molecule is CCOc1ccc2ccccc2c1/C=N\NC(=O)c1cc(C)nn1-c1nnc(C)c(=O)[nH]1. The highest BCUT2D eigenvalue weighted by Gasteiger charge is 2.17. The summed E-state index contributed by atoms with van der Waals surface area (Å²) >= 11 is 0. The normalized spacial score (nSPS) is 11.2. The van der Waals surface area contributed by atoms with Gasteiger partial charge in [-0.25, -0.2) is 5.43 Å². The first-order valence-electron chi connectivity index (χ1n) is 9.96. The number of hydrogen-bond donors (Lipinski definition) is 2. The lowest BCUT2D eigenvalue weighted by Crippen LogP contribution is -2.24. The average molecular weight is 431 g/mol. The van der Waals surface area contributed by atoms with Gasteiger partial charge in [0.05, 0.1) is 18.5 Å². The number of rotatable bonds is 6. The lowest BCUT2D eigenvalue weighted by atomic mass is 10.0. The Hall–Kier alpha value is -4.34. The highest BCUT2D eigenvalue weighted by Crippen LogP contribution is 2.26. The number of carbonyl (C=O) groups excluding carboxylic acids is 1. The number of amides is 1. The molecule has 2 aromatic carbocycles. The molecule has 4 aromatic rings. The molecule has 2 heterocycles. The Bertz CT molecular complexity index is 1390. The first-order chi connectivity index (χ1) is 15.5. The summed E-state index contributed by atoms with van der Waals surface area (Å²) in [6.07, 6.45) is 1.55. The van der Waals surface area contributed by atoms with E-state index in [1.807, 2.05) is 43.3 Å². The highest BCUT2D eigenvalue weighted by molar-refractivity contribution is 6.03. The van der Waals surface area contributed by atoms with Crippen LogP contribution in [0, 0.1) is 13.8 Å². The Morgan fingerprint density at radius 3 is 2.81 bits per heavy atom. The van der Waals surface area contributed by atoms with Crippen molar-refractivity contribution in [1.29, 1.82) is 0 Å². The molecule has 0 aliphatic heterocycles. The average Bonchev–Trinajstić information content (AvgIpc) is 3.18. The molecule has 0 atom stereocenters. The van der Waals surface area contributed by atoms with E-state index < -0.39 is 11.5 Å². The van der Waals surface area contributed by atoms with Gasteiger partial charge in [0, 0.05) is 5.56 Å². The van der Waals surface area contributed by atoms with Crippen molar-refractivity contribution < 1.29 is 9.53 Å². The number of nitrogens with one attached hydrogen (secondary N) is 2. The van der Waals surface area contributed by atoms with Crippen molar-refractivity contribution in [2.45, 2.75) is 20.8 Å². The van der Waals surface area contributed by atoms with Crippen LogP contribution in [0.1, 0.15) is 34.4 Å². The second-order valence-electron chi connectivity index (χ2n) is 6.98. The number of aromatic amines is 1. The summed E-state index contributed by atoms with van der Waals surface area (Å²) in [5, 5.41) is 18.1. The molecule has 4 rings (SSSR count). The zero-order chi connectivity index (χ0) is 22.7. The largest absolute Gasteiger partial charge is 0.493 e. The number of fused-ring (bicyclic) bond motifs is 1. The minimum atomic E-state index is -0.525. The Labute approximate surface area is 183 Å². The molecule has 10 heteroatoms. The van der Waals surface area contributed by atoms with Crippen LogP contribution in [0.5, 0.6) is 5.75 Å². The number of carbonyl (C=O) groups is 1. The predicted molar refractivity (Wildman–Crippen MR) is 119 cm³/mol. The molecule has 0 bridgehead atoms. The second-order valence-corrected chi connectivity index (χ2v) is 6.98. The Kier molecular flexibility index (Phi) is 5.75. The molecule has 0 radical (unpaired) electrons. The molecule has 1 amide bonds. The Balaban J connectivity index is 1.64. The van der Waals surface area contributed by atoms with Crippen LogP contribution in [-0.2, 0) is 0 Å². The van der Waals surface area contributed by atoms with Crippen LogP contribution in [0.3, 0.4) is 0 Å². The molecule has 0 fully saturated rings. The first-order valence-corrected chi connectivity index (χ1v) is 9.96. The molecule has 0 spiro atoms. The molecule has 0 aliphatic rings. The van der Waals surface area contributed by atoms with Crippen LogP contribution in [-0.4, -0.2) is 43.7 Å². The molecule has 162 valence electrons. The lowest BCUT2D eigenvalue weighted by Gasteiger charge is -2.10. The Morgan fingerprint density at radius 2 is 2.03 bits per heavy atom. The summed E-state index contributed by atoms with van der Waals surface area (Å²) in [4.78, 5) is 27.3. The first kappa shape index (κ1) is 20.9. The smallest absolute Gasteiger partial charge is 0.290 e. The molecular weight excluding hydrogens is 410 g/mol. The lowest BCUT2D eigenvalue weighted by molar-refractivity contribution is 0.0947. The fourth-order valence-corrected chi connectivity index (χ4v) is 3.21. The van der Waals surface area contributed by atoms with E-state index in [1.165, 1.54) is 11.6 Å². The van der Waals surface area contributed by atoms with Crippen molar-refractivity contribution in [2.75, 3.05) is 6.61 Å². The molecule has 0 unspecified atom stereocenters. The van der Waals surface area contributed by atoms with Gasteiger partial charge in [0.2, 0.25) is 0 Å². The molecule has 0 saturated carbocycles. The van der Waals surface area contributed by atoms with Crippen LogP contribution >= 0.6 is 0 Å². The van der Waals surface area contributed by atoms with Gasteiger partial charge in [-0.05, 0) is 43.7 Å². The third-order valence-electron chi connectivity index (χ3n) is 4.70. The molecule has 10 nitrogen and oxygen atoms in total. The molecule has 0 saturated heterocycles. The van der Waals surface area contributed by atoms with E-state index in [0.29, 0.717) is 18.1 Å². The van der Waals surface area contributed by atoms with Gasteiger partial charge in [-0.15, -0.1) is 10.2 Å². The minimum absolute atomic E-state index is 0.0375. The summed E-state index contributed by atoms with van der Waals surface area (Å²) in [5.41, 5.74) is 3.78. The number of nitrogens with zero attached hydrogens (tertiary/aromatic N) is 5. The summed E-state index contributed by atoms with van der Waals surface area (Å²) in [7, 11) is 0. The number of H-pyrrole nitrogens is 1. The highest BCUT2D eigenvalue weighted by atomic mass is 16.5. The molecule has 32 heavy (non-hydrogen) atoms. The van der Waals surface area contributed by atoms with Gasteiger partial charge in [-0.2, -0.15) is 14.9 Å². The zero-order valence-electron chi connectivity index (χ0n) is 17.8. The number of aryl methyl sites for hydroxylation is 2. The summed E-state index contributed by atoms with van der Waals surface area (Å²) in [5.74, 6) is 0.177. The van der Waals surface area contributed by atoms with Crippen molar-refractivity contribution in [1.82, 2.24) is 30.4 Å². The van der Waals surface area contributed by atoms with E-state index in [2.05, 4.69) is 30.8 Å². The van der Waals surface area contributed by atoms with Gasteiger partial charge in [0.25, 0.3) is 17.4 Å². The van der Waals surface area contributed by atoms with Gasteiger partial charge >= 0.3 is 0 Å². The third kappa shape index (κ3) is 4.10. The van der Waals surface area contributed by atoms with Crippen LogP contribution in [0.2, 0.25) is 0 Å². The summed E-state index contributed by atoms with van der Waals surface area (Å²) in [6, 6.07) is 13.2. The van der Waals surface area contributed by atoms with E-state index in [1.54, 1.807) is 19.2 Å². The fraction of sp³-hybridized carbons (Fsp3) is 0.182. The maximum absolute atomic E-state index is 12.8. The monoisotopic (exact) mass is 431 g/mol. The van der Waals surface area contributed by atoms with Gasteiger partial charge in [-0.1, -0.05) is 30.3 Å². The quantitative estimate of drug-likeness (QED) is 0.356. The minimum Gasteiger partial charge on any atom is -0.493 e. The van der Waals surface area contributed by atoms with Gasteiger partial charge < -0.3 is 4.74 Å². The number of benzene rings is 2. The van der Waals surface area contributed by atoms with Gasteiger partial charge in [-0.3, -0.25) is 14.6 Å². The fourth-order valence-electron chi connectivity index (χ4n) is 3.21.